The van der Waals surface area contributed by atoms with Crippen molar-refractivity contribution < 1.29 is 4.79 Å². The maximum Gasteiger partial charge on any atom is 0.253 e. The van der Waals surface area contributed by atoms with Crippen molar-refractivity contribution in [2.24, 2.45) is 5.92 Å². The number of aryl methyl sites for hydroxylation is 1. The Bertz CT molecular complexity index is 628. The van der Waals surface area contributed by atoms with Gasteiger partial charge in [0.15, 0.2) is 0 Å². The maximum atomic E-state index is 12.3. The van der Waals surface area contributed by atoms with E-state index in [-0.39, 0.29) is 5.91 Å². The molecule has 0 radical (unpaired) electrons. The highest BCUT2D eigenvalue weighted by Crippen LogP contribution is 2.28. The molecule has 0 bridgehead atoms. The molecule has 4 heteroatoms. The molecule has 2 aromatic rings. The van der Waals surface area contributed by atoms with Crippen LogP contribution in [0.1, 0.15) is 30.1 Å². The zero-order chi connectivity index (χ0) is 13.4. The van der Waals surface area contributed by atoms with E-state index in [4.69, 9.17) is 0 Å². The lowest BCUT2D eigenvalue weighted by Gasteiger charge is -2.02. The fourth-order valence-electron chi connectivity index (χ4n) is 2.36. The maximum absolute atomic E-state index is 12.3. The van der Waals surface area contributed by atoms with Gasteiger partial charge in [0.05, 0.1) is 5.56 Å². The van der Waals surface area contributed by atoms with Gasteiger partial charge in [0.2, 0.25) is 0 Å². The Kier molecular flexibility index (Phi) is 3.35. The molecular weight excluding hydrogens is 304 g/mol. The molecule has 1 aliphatic carbocycles. The van der Waals surface area contributed by atoms with Crippen molar-refractivity contribution in [3.63, 3.8) is 0 Å². The van der Waals surface area contributed by atoms with E-state index in [0.29, 0.717) is 5.92 Å². The van der Waals surface area contributed by atoms with Crippen LogP contribution in [0, 0.1) is 5.92 Å². The summed E-state index contributed by atoms with van der Waals surface area (Å²) in [6, 6.07) is 6.06. The molecule has 1 saturated carbocycles. The third-order valence-electron chi connectivity index (χ3n) is 3.68. The Labute approximate surface area is 121 Å². The van der Waals surface area contributed by atoms with E-state index >= 15 is 0 Å². The number of benzene rings is 1. The second kappa shape index (κ2) is 5.00. The summed E-state index contributed by atoms with van der Waals surface area (Å²) in [4.78, 5) is 12.3. The van der Waals surface area contributed by atoms with E-state index in [1.165, 1.54) is 12.8 Å². The smallest absolute Gasteiger partial charge is 0.253 e. The van der Waals surface area contributed by atoms with Crippen LogP contribution in [-0.2, 0) is 6.54 Å². The molecule has 0 spiro atoms. The van der Waals surface area contributed by atoms with Gasteiger partial charge >= 0.3 is 0 Å². The average molecular weight is 321 g/mol. The summed E-state index contributed by atoms with van der Waals surface area (Å²) in [7, 11) is 0. The van der Waals surface area contributed by atoms with Crippen molar-refractivity contribution in [2.75, 3.05) is 6.54 Å². The Morgan fingerprint density at radius 1 is 1.47 bits per heavy atom. The summed E-state index contributed by atoms with van der Waals surface area (Å²) in [5.74, 6) is 0.754. The Morgan fingerprint density at radius 3 is 2.95 bits per heavy atom. The summed E-state index contributed by atoms with van der Waals surface area (Å²) in [5.41, 5.74) is 1.89. The van der Waals surface area contributed by atoms with Crippen LogP contribution >= 0.6 is 15.9 Å². The first kappa shape index (κ1) is 12.7. The molecule has 1 N–H and O–H groups in total. The zero-order valence-corrected chi connectivity index (χ0v) is 12.5. The SMILES string of the molecule is CCn1cc(C(=O)NCC2CC2)c2ccc(Br)cc21. The number of fused-ring (bicyclic) bond motifs is 1. The normalized spacial score (nSPS) is 14.8. The summed E-state index contributed by atoms with van der Waals surface area (Å²) >= 11 is 3.49. The summed E-state index contributed by atoms with van der Waals surface area (Å²) in [6.45, 7) is 3.77. The van der Waals surface area contributed by atoms with Crippen LogP contribution in [0.5, 0.6) is 0 Å². The lowest BCUT2D eigenvalue weighted by Crippen LogP contribution is -2.25. The highest BCUT2D eigenvalue weighted by Gasteiger charge is 2.23. The number of hydrogen-bond acceptors (Lipinski definition) is 1. The van der Waals surface area contributed by atoms with Crippen molar-refractivity contribution in [3.8, 4) is 0 Å². The van der Waals surface area contributed by atoms with Gasteiger partial charge in [-0.15, -0.1) is 0 Å². The highest BCUT2D eigenvalue weighted by atomic mass is 79.9. The van der Waals surface area contributed by atoms with Crippen molar-refractivity contribution in [1.29, 1.82) is 0 Å². The van der Waals surface area contributed by atoms with Crippen LogP contribution in [0.15, 0.2) is 28.9 Å². The third kappa shape index (κ3) is 2.54. The van der Waals surface area contributed by atoms with Crippen molar-refractivity contribution in [3.05, 3.63) is 34.4 Å². The molecule has 3 nitrogen and oxygen atoms in total. The van der Waals surface area contributed by atoms with Gasteiger partial charge in [-0.1, -0.05) is 22.0 Å². The number of carbonyl (C=O) groups is 1. The van der Waals surface area contributed by atoms with Gasteiger partial charge in [0, 0.05) is 34.7 Å². The lowest BCUT2D eigenvalue weighted by molar-refractivity contribution is 0.0953. The summed E-state index contributed by atoms with van der Waals surface area (Å²) < 4.78 is 3.16. The highest BCUT2D eigenvalue weighted by molar-refractivity contribution is 9.10. The number of halogens is 1. The van der Waals surface area contributed by atoms with Gasteiger partial charge in [-0.2, -0.15) is 0 Å². The van der Waals surface area contributed by atoms with Crippen molar-refractivity contribution in [1.82, 2.24) is 9.88 Å². The first-order valence-electron chi connectivity index (χ1n) is 6.75. The molecule has 100 valence electrons. The molecule has 0 atom stereocenters. The van der Waals surface area contributed by atoms with E-state index in [1.54, 1.807) is 0 Å². The minimum absolute atomic E-state index is 0.0476. The first-order chi connectivity index (χ1) is 9.19. The van der Waals surface area contributed by atoms with E-state index in [9.17, 15) is 4.79 Å². The number of hydrogen-bond donors (Lipinski definition) is 1. The number of amides is 1. The van der Waals surface area contributed by atoms with E-state index in [0.717, 1.165) is 34.0 Å². The Morgan fingerprint density at radius 2 is 2.26 bits per heavy atom. The van der Waals surface area contributed by atoms with Crippen LogP contribution in [0.2, 0.25) is 0 Å². The van der Waals surface area contributed by atoms with Crippen LogP contribution in [0.25, 0.3) is 10.9 Å². The second-order valence-corrected chi connectivity index (χ2v) is 6.06. The van der Waals surface area contributed by atoms with E-state index < -0.39 is 0 Å². The molecule has 1 amide bonds. The van der Waals surface area contributed by atoms with Gasteiger partial charge in [-0.05, 0) is 37.8 Å². The number of nitrogens with one attached hydrogen (secondary N) is 1. The number of carbonyl (C=O) groups excluding carboxylic acids is 1. The Hall–Kier alpha value is -1.29. The monoisotopic (exact) mass is 320 g/mol. The predicted molar refractivity (Wildman–Crippen MR) is 80.4 cm³/mol. The molecule has 0 saturated heterocycles. The van der Waals surface area contributed by atoms with Gasteiger partial charge < -0.3 is 9.88 Å². The zero-order valence-electron chi connectivity index (χ0n) is 10.9. The molecule has 0 unspecified atom stereocenters. The Balaban J connectivity index is 1.95. The lowest BCUT2D eigenvalue weighted by atomic mass is 10.1. The summed E-state index contributed by atoms with van der Waals surface area (Å²) in [6.07, 6.45) is 4.47. The van der Waals surface area contributed by atoms with Crippen LogP contribution < -0.4 is 5.32 Å². The van der Waals surface area contributed by atoms with E-state index in [1.807, 2.05) is 18.3 Å². The third-order valence-corrected chi connectivity index (χ3v) is 4.17. The fraction of sp³-hybridized carbons (Fsp3) is 0.400. The molecule has 1 aromatic carbocycles. The molecule has 19 heavy (non-hydrogen) atoms. The second-order valence-electron chi connectivity index (χ2n) is 5.14. The number of nitrogens with zero attached hydrogens (tertiary/aromatic N) is 1. The van der Waals surface area contributed by atoms with Gasteiger partial charge in [0.25, 0.3) is 5.91 Å². The molecule has 1 aromatic heterocycles. The number of rotatable bonds is 4. The van der Waals surface area contributed by atoms with Crippen LogP contribution in [0.3, 0.4) is 0 Å². The van der Waals surface area contributed by atoms with Gasteiger partial charge in [-0.3, -0.25) is 4.79 Å². The summed E-state index contributed by atoms with van der Waals surface area (Å²) in [5, 5.41) is 4.07. The standard InChI is InChI=1S/C15H17BrN2O/c1-2-18-9-13(15(19)17-8-10-3-4-10)12-6-5-11(16)7-14(12)18/h5-7,9-10H,2-4,8H2,1H3,(H,17,19). The minimum atomic E-state index is 0.0476. The van der Waals surface area contributed by atoms with Gasteiger partial charge in [0.1, 0.15) is 0 Å². The van der Waals surface area contributed by atoms with Crippen LogP contribution in [-0.4, -0.2) is 17.0 Å². The van der Waals surface area contributed by atoms with Gasteiger partial charge in [-0.25, -0.2) is 0 Å². The molecular formula is C15H17BrN2O. The molecule has 1 heterocycles. The molecule has 1 fully saturated rings. The predicted octanol–water partition coefficient (Wildman–Crippen LogP) is 3.56. The average Bonchev–Trinajstić information content (AvgIpc) is 3.16. The van der Waals surface area contributed by atoms with Crippen molar-refractivity contribution >= 4 is 32.7 Å². The largest absolute Gasteiger partial charge is 0.352 e. The quantitative estimate of drug-likeness (QED) is 0.918. The first-order valence-corrected chi connectivity index (χ1v) is 7.55. The van der Waals surface area contributed by atoms with Crippen LogP contribution in [0.4, 0.5) is 0 Å². The topological polar surface area (TPSA) is 34.0 Å². The van der Waals surface area contributed by atoms with Crippen molar-refractivity contribution in [2.45, 2.75) is 26.3 Å². The molecule has 3 rings (SSSR count). The number of aromatic nitrogens is 1. The molecule has 1 aliphatic rings. The molecule has 0 aliphatic heterocycles. The fourth-order valence-corrected chi connectivity index (χ4v) is 2.71. The minimum Gasteiger partial charge on any atom is -0.352 e. The van der Waals surface area contributed by atoms with E-state index in [2.05, 4.69) is 38.8 Å².